The molecule has 4 nitrogen and oxygen atoms in total. The number of anilines is 1. The molecule has 2 aromatic carbocycles. The molecule has 0 atom stereocenters. The van der Waals surface area contributed by atoms with Crippen molar-refractivity contribution in [1.82, 2.24) is 0 Å². The Bertz CT molecular complexity index is 650. The van der Waals surface area contributed by atoms with Crippen molar-refractivity contribution in [3.8, 4) is 11.5 Å². The Hall–Kier alpha value is -2.49. The fourth-order valence-corrected chi connectivity index (χ4v) is 1.90. The summed E-state index contributed by atoms with van der Waals surface area (Å²) in [7, 11) is 1.58. The smallest absolute Gasteiger partial charge is 0.255 e. The Morgan fingerprint density at radius 1 is 1.10 bits per heavy atom. The molecule has 0 aliphatic rings. The second kappa shape index (κ2) is 5.65. The molecule has 0 bridgehead atoms. The van der Waals surface area contributed by atoms with Gasteiger partial charge in [-0.05, 0) is 55.3 Å². The van der Waals surface area contributed by atoms with Gasteiger partial charge < -0.3 is 15.2 Å². The third-order valence-electron chi connectivity index (χ3n) is 3.12. The van der Waals surface area contributed by atoms with Gasteiger partial charge in [0.05, 0.1) is 7.11 Å². The molecule has 0 aliphatic carbocycles. The molecule has 104 valence electrons. The van der Waals surface area contributed by atoms with Gasteiger partial charge in [0.15, 0.2) is 0 Å². The molecule has 0 saturated heterocycles. The van der Waals surface area contributed by atoms with Crippen LogP contribution in [0.4, 0.5) is 5.69 Å². The van der Waals surface area contributed by atoms with E-state index in [0.717, 1.165) is 5.56 Å². The second-order valence-corrected chi connectivity index (χ2v) is 4.64. The standard InChI is InChI=1S/C16H17NO3/c1-10-4-5-12(9-15(10)20-3)16(19)17-13-6-7-14(18)11(2)8-13/h4-9,18H,1-3H3,(H,17,19). The first-order valence-electron chi connectivity index (χ1n) is 6.27. The van der Waals surface area contributed by atoms with Gasteiger partial charge in [0, 0.05) is 11.3 Å². The van der Waals surface area contributed by atoms with E-state index in [4.69, 9.17) is 4.74 Å². The molecular formula is C16H17NO3. The summed E-state index contributed by atoms with van der Waals surface area (Å²) >= 11 is 0. The quantitative estimate of drug-likeness (QED) is 0.842. The molecule has 0 unspecified atom stereocenters. The summed E-state index contributed by atoms with van der Waals surface area (Å²) in [5.74, 6) is 0.674. The number of hydrogen-bond donors (Lipinski definition) is 2. The van der Waals surface area contributed by atoms with Crippen LogP contribution in [0.1, 0.15) is 21.5 Å². The summed E-state index contributed by atoms with van der Waals surface area (Å²) in [5, 5.41) is 12.3. The molecule has 2 rings (SSSR count). The Morgan fingerprint density at radius 3 is 2.50 bits per heavy atom. The zero-order chi connectivity index (χ0) is 14.7. The Kier molecular flexibility index (Phi) is 3.94. The highest BCUT2D eigenvalue weighted by Gasteiger charge is 2.09. The molecule has 4 heteroatoms. The van der Waals surface area contributed by atoms with Crippen molar-refractivity contribution in [3.05, 3.63) is 53.1 Å². The molecule has 2 N–H and O–H groups in total. The maximum Gasteiger partial charge on any atom is 0.255 e. The lowest BCUT2D eigenvalue weighted by Crippen LogP contribution is -2.12. The number of phenols is 1. The number of benzene rings is 2. The van der Waals surface area contributed by atoms with E-state index in [1.807, 2.05) is 13.0 Å². The number of aromatic hydroxyl groups is 1. The average molecular weight is 271 g/mol. The first-order valence-corrected chi connectivity index (χ1v) is 6.27. The minimum Gasteiger partial charge on any atom is -0.508 e. The van der Waals surface area contributed by atoms with Crippen LogP contribution < -0.4 is 10.1 Å². The van der Waals surface area contributed by atoms with Crippen LogP contribution in [-0.4, -0.2) is 18.1 Å². The topological polar surface area (TPSA) is 58.6 Å². The molecule has 0 aliphatic heterocycles. The molecule has 20 heavy (non-hydrogen) atoms. The fourth-order valence-electron chi connectivity index (χ4n) is 1.90. The van der Waals surface area contributed by atoms with E-state index >= 15 is 0 Å². The van der Waals surface area contributed by atoms with Crippen LogP contribution in [0.2, 0.25) is 0 Å². The van der Waals surface area contributed by atoms with E-state index in [-0.39, 0.29) is 11.7 Å². The number of methoxy groups -OCH3 is 1. The van der Waals surface area contributed by atoms with Crippen molar-refractivity contribution < 1.29 is 14.6 Å². The van der Waals surface area contributed by atoms with Crippen LogP contribution in [0.15, 0.2) is 36.4 Å². The number of phenolic OH excluding ortho intramolecular Hbond substituents is 1. The van der Waals surface area contributed by atoms with Crippen molar-refractivity contribution in [1.29, 1.82) is 0 Å². The number of nitrogens with one attached hydrogen (secondary N) is 1. The van der Waals surface area contributed by atoms with E-state index in [1.54, 1.807) is 44.4 Å². The highest BCUT2D eigenvalue weighted by atomic mass is 16.5. The average Bonchev–Trinajstić information content (AvgIpc) is 2.43. The number of carbonyl (C=O) groups is 1. The Labute approximate surface area is 118 Å². The van der Waals surface area contributed by atoms with Crippen molar-refractivity contribution in [3.63, 3.8) is 0 Å². The summed E-state index contributed by atoms with van der Waals surface area (Å²) in [6.45, 7) is 3.70. The van der Waals surface area contributed by atoms with E-state index in [0.29, 0.717) is 22.6 Å². The first kappa shape index (κ1) is 13.9. The van der Waals surface area contributed by atoms with Gasteiger partial charge >= 0.3 is 0 Å². The molecule has 2 aromatic rings. The van der Waals surface area contributed by atoms with Gasteiger partial charge in [0.1, 0.15) is 11.5 Å². The van der Waals surface area contributed by atoms with Gasteiger partial charge in [-0.25, -0.2) is 0 Å². The number of hydrogen-bond acceptors (Lipinski definition) is 3. The summed E-state index contributed by atoms with van der Waals surface area (Å²) in [6.07, 6.45) is 0. The van der Waals surface area contributed by atoms with Crippen LogP contribution in [0.5, 0.6) is 11.5 Å². The molecule has 0 spiro atoms. The largest absolute Gasteiger partial charge is 0.508 e. The lowest BCUT2D eigenvalue weighted by atomic mass is 10.1. The van der Waals surface area contributed by atoms with Crippen molar-refractivity contribution in [2.24, 2.45) is 0 Å². The molecular weight excluding hydrogens is 254 g/mol. The van der Waals surface area contributed by atoms with E-state index < -0.39 is 0 Å². The van der Waals surface area contributed by atoms with E-state index in [9.17, 15) is 9.90 Å². The molecule has 1 amide bonds. The lowest BCUT2D eigenvalue weighted by Gasteiger charge is -2.09. The van der Waals surface area contributed by atoms with Crippen LogP contribution in [-0.2, 0) is 0 Å². The Morgan fingerprint density at radius 2 is 1.85 bits per heavy atom. The molecule has 0 aromatic heterocycles. The number of amides is 1. The Balaban J connectivity index is 2.21. The summed E-state index contributed by atoms with van der Waals surface area (Å²) < 4.78 is 5.21. The predicted octanol–water partition coefficient (Wildman–Crippen LogP) is 3.27. The number of aryl methyl sites for hydroxylation is 2. The zero-order valence-electron chi connectivity index (χ0n) is 11.7. The van der Waals surface area contributed by atoms with Crippen molar-refractivity contribution in [2.75, 3.05) is 12.4 Å². The van der Waals surface area contributed by atoms with Crippen molar-refractivity contribution in [2.45, 2.75) is 13.8 Å². The molecule has 0 saturated carbocycles. The zero-order valence-corrected chi connectivity index (χ0v) is 11.7. The maximum atomic E-state index is 12.2. The third kappa shape index (κ3) is 2.91. The number of ether oxygens (including phenoxy) is 1. The van der Waals surface area contributed by atoms with Gasteiger partial charge in [0.25, 0.3) is 5.91 Å². The fraction of sp³-hybridized carbons (Fsp3) is 0.188. The van der Waals surface area contributed by atoms with Crippen LogP contribution in [0, 0.1) is 13.8 Å². The van der Waals surface area contributed by atoms with Gasteiger partial charge in [0.2, 0.25) is 0 Å². The predicted molar refractivity (Wildman–Crippen MR) is 78.5 cm³/mol. The van der Waals surface area contributed by atoms with Crippen molar-refractivity contribution >= 4 is 11.6 Å². The van der Waals surface area contributed by atoms with Crippen LogP contribution in [0.3, 0.4) is 0 Å². The lowest BCUT2D eigenvalue weighted by molar-refractivity contribution is 0.102. The molecule has 0 radical (unpaired) electrons. The monoisotopic (exact) mass is 271 g/mol. The number of carbonyl (C=O) groups excluding carboxylic acids is 1. The van der Waals surface area contributed by atoms with E-state index in [2.05, 4.69) is 5.32 Å². The maximum absolute atomic E-state index is 12.2. The highest BCUT2D eigenvalue weighted by molar-refractivity contribution is 6.04. The second-order valence-electron chi connectivity index (χ2n) is 4.64. The molecule has 0 fully saturated rings. The normalized spacial score (nSPS) is 10.2. The minimum atomic E-state index is -0.214. The van der Waals surface area contributed by atoms with Crippen LogP contribution in [0.25, 0.3) is 0 Å². The highest BCUT2D eigenvalue weighted by Crippen LogP contribution is 2.22. The van der Waals surface area contributed by atoms with Gasteiger partial charge in [-0.3, -0.25) is 4.79 Å². The van der Waals surface area contributed by atoms with Gasteiger partial charge in [-0.1, -0.05) is 6.07 Å². The van der Waals surface area contributed by atoms with Gasteiger partial charge in [-0.2, -0.15) is 0 Å². The summed E-state index contributed by atoms with van der Waals surface area (Å²) in [6, 6.07) is 10.2. The van der Waals surface area contributed by atoms with Gasteiger partial charge in [-0.15, -0.1) is 0 Å². The third-order valence-corrected chi connectivity index (χ3v) is 3.12. The first-order chi connectivity index (χ1) is 9.51. The van der Waals surface area contributed by atoms with E-state index in [1.165, 1.54) is 0 Å². The summed E-state index contributed by atoms with van der Waals surface area (Å²) in [5.41, 5.74) is 2.86. The molecule has 0 heterocycles. The minimum absolute atomic E-state index is 0.208. The van der Waals surface area contributed by atoms with Crippen LogP contribution >= 0.6 is 0 Å². The SMILES string of the molecule is COc1cc(C(=O)Nc2ccc(O)c(C)c2)ccc1C. The summed E-state index contributed by atoms with van der Waals surface area (Å²) in [4.78, 5) is 12.2. The number of rotatable bonds is 3.